The Hall–Kier alpha value is -1.57. The molecule has 0 fully saturated rings. The predicted octanol–water partition coefficient (Wildman–Crippen LogP) is 2.75. The Morgan fingerprint density at radius 3 is 2.95 bits per heavy atom. The van der Waals surface area contributed by atoms with Crippen molar-refractivity contribution >= 4 is 23.4 Å². The zero-order valence-electron chi connectivity index (χ0n) is 12.4. The molecule has 0 aliphatic rings. The number of hydrogen-bond acceptors (Lipinski definition) is 6. The maximum Gasteiger partial charge on any atom is 0.263 e. The lowest BCUT2D eigenvalue weighted by atomic mass is 10.2. The van der Waals surface area contributed by atoms with E-state index in [1.165, 1.54) is 11.8 Å². The number of nitro groups is 1. The van der Waals surface area contributed by atoms with Gasteiger partial charge in [-0.2, -0.15) is 0 Å². The highest BCUT2D eigenvalue weighted by atomic mass is 35.5. The summed E-state index contributed by atoms with van der Waals surface area (Å²) in [5, 5.41) is 14.5. The molecule has 0 spiro atoms. The highest BCUT2D eigenvalue weighted by molar-refractivity contribution is 8.02. The molecular weight excluding hydrogens is 324 g/mol. The van der Waals surface area contributed by atoms with Gasteiger partial charge in [0.05, 0.1) is 4.92 Å². The summed E-state index contributed by atoms with van der Waals surface area (Å²) in [6.07, 6.45) is 6.34. The second-order valence-electron chi connectivity index (χ2n) is 4.42. The zero-order valence-corrected chi connectivity index (χ0v) is 13.9. The SMILES string of the molecule is C=CCN(CCN/C(=C/[N+](=O)[O-])SC)Cc1ccc(Cl)nc1. The van der Waals surface area contributed by atoms with Gasteiger partial charge in [-0.25, -0.2) is 4.98 Å². The smallest absolute Gasteiger partial charge is 0.263 e. The standard InChI is InChI=1S/C14H19ClN4O2S/c1-3-7-18(10-12-4-5-13(15)17-9-12)8-6-16-14(22-2)11-19(20)21/h3-5,9,11,16H,1,6-8,10H2,2H3/b14-11-. The van der Waals surface area contributed by atoms with Crippen molar-refractivity contribution in [3.05, 3.63) is 63.0 Å². The average molecular weight is 343 g/mol. The molecule has 0 saturated heterocycles. The Morgan fingerprint density at radius 1 is 1.64 bits per heavy atom. The van der Waals surface area contributed by atoms with E-state index in [9.17, 15) is 10.1 Å². The van der Waals surface area contributed by atoms with Crippen LogP contribution >= 0.6 is 23.4 Å². The summed E-state index contributed by atoms with van der Waals surface area (Å²) < 4.78 is 0. The molecule has 0 bridgehead atoms. The summed E-state index contributed by atoms with van der Waals surface area (Å²) in [7, 11) is 0. The van der Waals surface area contributed by atoms with Gasteiger partial charge in [-0.3, -0.25) is 15.0 Å². The van der Waals surface area contributed by atoms with Crippen LogP contribution in [-0.2, 0) is 6.54 Å². The maximum absolute atomic E-state index is 10.5. The van der Waals surface area contributed by atoms with E-state index in [4.69, 9.17) is 11.6 Å². The molecular formula is C14H19ClN4O2S. The highest BCUT2D eigenvalue weighted by Gasteiger charge is 2.06. The van der Waals surface area contributed by atoms with Crippen LogP contribution in [0.1, 0.15) is 5.56 Å². The van der Waals surface area contributed by atoms with Crippen molar-refractivity contribution < 1.29 is 4.92 Å². The first-order valence-corrected chi connectivity index (χ1v) is 8.22. The first-order valence-electron chi connectivity index (χ1n) is 6.62. The Kier molecular flexibility index (Phi) is 8.57. The van der Waals surface area contributed by atoms with Gasteiger partial charge in [0.1, 0.15) is 10.2 Å². The summed E-state index contributed by atoms with van der Waals surface area (Å²) in [4.78, 5) is 16.2. The van der Waals surface area contributed by atoms with Crippen LogP contribution in [0.4, 0.5) is 0 Å². The quantitative estimate of drug-likeness (QED) is 0.305. The van der Waals surface area contributed by atoms with Gasteiger partial charge in [0.25, 0.3) is 6.20 Å². The van der Waals surface area contributed by atoms with Crippen LogP contribution in [0.25, 0.3) is 0 Å². The van der Waals surface area contributed by atoms with Crippen molar-refractivity contribution in [3.8, 4) is 0 Å². The fraction of sp³-hybridized carbons (Fsp3) is 0.357. The van der Waals surface area contributed by atoms with E-state index < -0.39 is 4.92 Å². The molecule has 1 N–H and O–H groups in total. The molecule has 22 heavy (non-hydrogen) atoms. The Morgan fingerprint density at radius 2 is 2.41 bits per heavy atom. The molecule has 8 heteroatoms. The molecule has 0 radical (unpaired) electrons. The highest BCUT2D eigenvalue weighted by Crippen LogP contribution is 2.09. The van der Waals surface area contributed by atoms with Crippen molar-refractivity contribution in [1.82, 2.24) is 15.2 Å². The number of hydrogen-bond donors (Lipinski definition) is 1. The molecule has 6 nitrogen and oxygen atoms in total. The van der Waals surface area contributed by atoms with Crippen LogP contribution in [-0.4, -0.2) is 40.7 Å². The van der Waals surface area contributed by atoms with Gasteiger partial charge in [-0.15, -0.1) is 18.3 Å². The Bertz CT molecular complexity index is 522. The molecule has 0 aliphatic heterocycles. The third kappa shape index (κ3) is 7.44. The third-order valence-corrected chi connectivity index (χ3v) is 3.67. The van der Waals surface area contributed by atoms with E-state index in [0.29, 0.717) is 23.3 Å². The number of thioether (sulfide) groups is 1. The van der Waals surface area contributed by atoms with Gasteiger partial charge < -0.3 is 5.32 Å². The molecule has 0 atom stereocenters. The lowest BCUT2D eigenvalue weighted by Crippen LogP contribution is -2.31. The first kappa shape index (κ1) is 18.5. The molecule has 1 aromatic heterocycles. The molecule has 0 unspecified atom stereocenters. The lowest BCUT2D eigenvalue weighted by molar-refractivity contribution is -0.403. The fourth-order valence-corrected chi connectivity index (χ4v) is 2.33. The van der Waals surface area contributed by atoms with Crippen molar-refractivity contribution in [2.45, 2.75) is 6.54 Å². The number of aromatic nitrogens is 1. The number of nitrogens with one attached hydrogen (secondary N) is 1. The maximum atomic E-state index is 10.5. The van der Waals surface area contributed by atoms with E-state index in [1.54, 1.807) is 18.5 Å². The van der Waals surface area contributed by atoms with E-state index in [-0.39, 0.29) is 0 Å². The van der Waals surface area contributed by atoms with Crippen molar-refractivity contribution in [2.24, 2.45) is 0 Å². The zero-order chi connectivity index (χ0) is 16.4. The monoisotopic (exact) mass is 342 g/mol. The molecule has 0 saturated carbocycles. The van der Waals surface area contributed by atoms with Crippen LogP contribution in [0.2, 0.25) is 5.15 Å². The summed E-state index contributed by atoms with van der Waals surface area (Å²) in [6, 6.07) is 3.69. The van der Waals surface area contributed by atoms with Crippen LogP contribution in [0, 0.1) is 10.1 Å². The van der Waals surface area contributed by atoms with Crippen molar-refractivity contribution in [2.75, 3.05) is 25.9 Å². The van der Waals surface area contributed by atoms with Crippen molar-refractivity contribution in [3.63, 3.8) is 0 Å². The third-order valence-electron chi connectivity index (χ3n) is 2.75. The van der Waals surface area contributed by atoms with Crippen LogP contribution in [0.3, 0.4) is 0 Å². The minimum Gasteiger partial charge on any atom is -0.374 e. The van der Waals surface area contributed by atoms with Gasteiger partial charge in [0, 0.05) is 32.4 Å². The number of rotatable bonds is 10. The topological polar surface area (TPSA) is 71.3 Å². The van der Waals surface area contributed by atoms with Gasteiger partial charge in [0.2, 0.25) is 0 Å². The van der Waals surface area contributed by atoms with Gasteiger partial charge in [-0.05, 0) is 17.9 Å². The van der Waals surface area contributed by atoms with Gasteiger partial charge >= 0.3 is 0 Å². The largest absolute Gasteiger partial charge is 0.374 e. The minimum atomic E-state index is -0.459. The Labute approximate surface area is 139 Å². The van der Waals surface area contributed by atoms with Gasteiger partial charge in [-0.1, -0.05) is 23.7 Å². The van der Waals surface area contributed by atoms with Crippen LogP contribution in [0.15, 0.2) is 42.2 Å². The van der Waals surface area contributed by atoms with Crippen LogP contribution < -0.4 is 5.32 Å². The summed E-state index contributed by atoms with van der Waals surface area (Å²) >= 11 is 7.08. The average Bonchev–Trinajstić information content (AvgIpc) is 2.48. The second-order valence-corrected chi connectivity index (χ2v) is 5.66. The molecule has 0 aromatic carbocycles. The molecule has 1 heterocycles. The minimum absolute atomic E-state index is 0.459. The normalized spacial score (nSPS) is 11.5. The van der Waals surface area contributed by atoms with Crippen molar-refractivity contribution in [1.29, 1.82) is 0 Å². The Balaban J connectivity index is 2.52. The summed E-state index contributed by atoms with van der Waals surface area (Å²) in [5.41, 5.74) is 1.05. The molecule has 0 aliphatic carbocycles. The molecule has 1 rings (SSSR count). The van der Waals surface area contributed by atoms with E-state index in [0.717, 1.165) is 24.9 Å². The molecule has 0 amide bonds. The van der Waals surface area contributed by atoms with Gasteiger partial charge in [0.15, 0.2) is 0 Å². The number of nitrogens with zero attached hydrogens (tertiary/aromatic N) is 3. The summed E-state index contributed by atoms with van der Waals surface area (Å²) in [6.45, 7) is 6.52. The van der Waals surface area contributed by atoms with E-state index in [2.05, 4.69) is 21.8 Å². The predicted molar refractivity (Wildman–Crippen MR) is 91.3 cm³/mol. The van der Waals surface area contributed by atoms with Crippen LogP contribution in [0.5, 0.6) is 0 Å². The molecule has 1 aromatic rings. The summed E-state index contributed by atoms with van der Waals surface area (Å²) in [5.74, 6) is 0. The van der Waals surface area contributed by atoms with E-state index in [1.807, 2.05) is 12.1 Å². The second kappa shape index (κ2) is 10.2. The number of halogens is 1. The first-order chi connectivity index (χ1) is 10.5. The van der Waals surface area contributed by atoms with E-state index >= 15 is 0 Å². The molecule has 120 valence electrons. The number of pyridine rings is 1. The lowest BCUT2D eigenvalue weighted by Gasteiger charge is -2.21. The fourth-order valence-electron chi connectivity index (χ4n) is 1.78.